The monoisotopic (exact) mass is 247 g/mol. The average molecular weight is 247 g/mol. The molecule has 1 fully saturated rings. The predicted molar refractivity (Wildman–Crippen MR) is 60.3 cm³/mol. The molecule has 0 saturated heterocycles. The number of carboxylic acid groups (broad SMARTS) is 1. The van der Waals surface area contributed by atoms with E-state index in [-0.39, 0.29) is 17.4 Å². The number of carbonyl (C=O) groups is 1. The van der Waals surface area contributed by atoms with Gasteiger partial charge in [0.2, 0.25) is 0 Å². The van der Waals surface area contributed by atoms with Crippen LogP contribution in [0.5, 0.6) is 0 Å². The molecule has 0 radical (unpaired) electrons. The summed E-state index contributed by atoms with van der Waals surface area (Å²) in [6.45, 7) is 0. The van der Waals surface area contributed by atoms with Gasteiger partial charge in [-0.15, -0.1) is 5.10 Å². The summed E-state index contributed by atoms with van der Waals surface area (Å²) in [6.07, 6.45) is 1.84. The van der Waals surface area contributed by atoms with Crippen molar-refractivity contribution in [2.24, 2.45) is 0 Å². The molecule has 0 atom stereocenters. The minimum Gasteiger partial charge on any atom is -0.476 e. The van der Waals surface area contributed by atoms with E-state index in [1.54, 1.807) is 12.1 Å². The maximum Gasteiger partial charge on any atom is 0.358 e. The zero-order valence-corrected chi connectivity index (χ0v) is 9.38. The number of nitrogens with zero attached hydrogens (tertiary/aromatic N) is 3. The van der Waals surface area contributed by atoms with Gasteiger partial charge in [-0.1, -0.05) is 11.3 Å². The van der Waals surface area contributed by atoms with Gasteiger partial charge in [-0.05, 0) is 31.0 Å². The van der Waals surface area contributed by atoms with E-state index in [0.717, 1.165) is 12.8 Å². The minimum atomic E-state index is -1.10. The number of hydrogen-bond acceptors (Lipinski definition) is 3. The van der Waals surface area contributed by atoms with Crippen LogP contribution >= 0.6 is 0 Å². The largest absolute Gasteiger partial charge is 0.476 e. The maximum atomic E-state index is 13.2. The highest BCUT2D eigenvalue weighted by atomic mass is 19.1. The van der Waals surface area contributed by atoms with Crippen LogP contribution in [0.3, 0.4) is 0 Å². The molecule has 5 nitrogen and oxygen atoms in total. The maximum absolute atomic E-state index is 13.2. The van der Waals surface area contributed by atoms with E-state index in [1.807, 2.05) is 0 Å². The molecule has 1 heterocycles. The fraction of sp³-hybridized carbons (Fsp3) is 0.250. The number of aromatic carboxylic acids is 1. The molecule has 18 heavy (non-hydrogen) atoms. The summed E-state index contributed by atoms with van der Waals surface area (Å²) in [6, 6.07) is 5.88. The van der Waals surface area contributed by atoms with Crippen molar-refractivity contribution in [3.8, 4) is 5.69 Å². The van der Waals surface area contributed by atoms with E-state index >= 15 is 0 Å². The van der Waals surface area contributed by atoms with E-state index in [0.29, 0.717) is 11.4 Å². The van der Waals surface area contributed by atoms with Gasteiger partial charge >= 0.3 is 5.97 Å². The average Bonchev–Trinajstić information content (AvgIpc) is 3.07. The number of hydrogen-bond donors (Lipinski definition) is 1. The highest BCUT2D eigenvalue weighted by Crippen LogP contribution is 2.41. The SMILES string of the molecule is O=C(O)c1nnn(-c2cccc(F)c2)c1C1CC1. The first-order valence-electron chi connectivity index (χ1n) is 5.61. The van der Waals surface area contributed by atoms with E-state index in [9.17, 15) is 9.18 Å². The second-order valence-electron chi connectivity index (χ2n) is 4.29. The van der Waals surface area contributed by atoms with Crippen LogP contribution in [-0.4, -0.2) is 26.1 Å². The molecule has 1 N–H and O–H groups in total. The standard InChI is InChI=1S/C12H10FN3O2/c13-8-2-1-3-9(6-8)16-11(7-4-5-7)10(12(17)18)14-15-16/h1-3,6-7H,4-5H2,(H,17,18). The topological polar surface area (TPSA) is 68.0 Å². The molecule has 0 aliphatic heterocycles. The Labute approximate surface area is 102 Å². The lowest BCUT2D eigenvalue weighted by Gasteiger charge is -2.05. The Morgan fingerprint density at radius 1 is 1.44 bits per heavy atom. The van der Waals surface area contributed by atoms with Gasteiger partial charge in [-0.3, -0.25) is 0 Å². The number of carboxylic acids is 1. The molecule has 92 valence electrons. The summed E-state index contributed by atoms with van der Waals surface area (Å²) in [4.78, 5) is 11.1. The molecule has 1 aromatic heterocycles. The van der Waals surface area contributed by atoms with Gasteiger partial charge in [0, 0.05) is 5.92 Å². The highest BCUT2D eigenvalue weighted by molar-refractivity contribution is 5.87. The summed E-state index contributed by atoms with van der Waals surface area (Å²) in [5.41, 5.74) is 1.02. The second-order valence-corrected chi connectivity index (χ2v) is 4.29. The lowest BCUT2D eigenvalue weighted by molar-refractivity contribution is 0.0689. The van der Waals surface area contributed by atoms with Crippen molar-refractivity contribution in [2.75, 3.05) is 0 Å². The van der Waals surface area contributed by atoms with Crippen molar-refractivity contribution in [1.82, 2.24) is 15.0 Å². The Morgan fingerprint density at radius 3 is 2.83 bits per heavy atom. The molecule has 3 rings (SSSR count). The molecule has 0 unspecified atom stereocenters. The Bertz CT molecular complexity index is 620. The van der Waals surface area contributed by atoms with Gasteiger partial charge in [-0.25, -0.2) is 13.9 Å². The van der Waals surface area contributed by atoms with Crippen LogP contribution in [-0.2, 0) is 0 Å². The molecular weight excluding hydrogens is 237 g/mol. The Kier molecular flexibility index (Phi) is 2.36. The van der Waals surface area contributed by atoms with Gasteiger partial charge in [0.1, 0.15) is 5.82 Å². The summed E-state index contributed by atoms with van der Waals surface area (Å²) < 4.78 is 14.6. The third-order valence-corrected chi connectivity index (χ3v) is 2.92. The van der Waals surface area contributed by atoms with Crippen molar-refractivity contribution in [2.45, 2.75) is 18.8 Å². The highest BCUT2D eigenvalue weighted by Gasteiger charge is 2.34. The molecule has 2 aromatic rings. The van der Waals surface area contributed by atoms with E-state index in [1.165, 1.54) is 16.8 Å². The van der Waals surface area contributed by atoms with Gasteiger partial charge < -0.3 is 5.11 Å². The molecule has 1 saturated carbocycles. The molecule has 0 bridgehead atoms. The fourth-order valence-corrected chi connectivity index (χ4v) is 1.96. The second kappa shape index (κ2) is 3.90. The fourth-order valence-electron chi connectivity index (χ4n) is 1.96. The summed E-state index contributed by atoms with van der Waals surface area (Å²) >= 11 is 0. The number of benzene rings is 1. The zero-order chi connectivity index (χ0) is 12.7. The van der Waals surface area contributed by atoms with Crippen molar-refractivity contribution in [3.63, 3.8) is 0 Å². The number of halogens is 1. The number of aromatic nitrogens is 3. The lowest BCUT2D eigenvalue weighted by atomic mass is 10.2. The molecule has 1 aromatic carbocycles. The molecular formula is C12H10FN3O2. The third-order valence-electron chi connectivity index (χ3n) is 2.92. The Balaban J connectivity index is 2.15. The minimum absolute atomic E-state index is 0.0400. The molecule has 6 heteroatoms. The zero-order valence-electron chi connectivity index (χ0n) is 9.38. The lowest BCUT2D eigenvalue weighted by Crippen LogP contribution is -2.05. The van der Waals surface area contributed by atoms with Crippen molar-refractivity contribution in [1.29, 1.82) is 0 Å². The van der Waals surface area contributed by atoms with E-state index in [2.05, 4.69) is 10.3 Å². The van der Waals surface area contributed by atoms with E-state index in [4.69, 9.17) is 5.11 Å². The first-order chi connectivity index (χ1) is 8.66. The smallest absolute Gasteiger partial charge is 0.358 e. The van der Waals surface area contributed by atoms with Crippen molar-refractivity contribution >= 4 is 5.97 Å². The van der Waals surface area contributed by atoms with Crippen molar-refractivity contribution < 1.29 is 14.3 Å². The van der Waals surface area contributed by atoms with Crippen LogP contribution in [0.4, 0.5) is 4.39 Å². The summed E-state index contributed by atoms with van der Waals surface area (Å²) in [7, 11) is 0. The van der Waals surface area contributed by atoms with Crippen LogP contribution in [0.15, 0.2) is 24.3 Å². The summed E-state index contributed by atoms with van der Waals surface area (Å²) in [5.74, 6) is -1.32. The predicted octanol–water partition coefficient (Wildman–Crippen LogP) is 1.98. The molecule has 0 spiro atoms. The number of rotatable bonds is 3. The Hall–Kier alpha value is -2.24. The van der Waals surface area contributed by atoms with Crippen LogP contribution < -0.4 is 0 Å². The van der Waals surface area contributed by atoms with Gasteiger partial charge in [-0.2, -0.15) is 0 Å². The van der Waals surface area contributed by atoms with Gasteiger partial charge in [0.15, 0.2) is 5.69 Å². The van der Waals surface area contributed by atoms with Gasteiger partial charge in [0.25, 0.3) is 0 Å². The van der Waals surface area contributed by atoms with Crippen LogP contribution in [0.2, 0.25) is 0 Å². The normalized spacial score (nSPS) is 14.7. The van der Waals surface area contributed by atoms with Crippen LogP contribution in [0, 0.1) is 5.82 Å². The first-order valence-corrected chi connectivity index (χ1v) is 5.61. The molecule has 1 aliphatic rings. The van der Waals surface area contributed by atoms with Crippen LogP contribution in [0.25, 0.3) is 5.69 Å². The molecule has 1 aliphatic carbocycles. The van der Waals surface area contributed by atoms with Crippen LogP contribution in [0.1, 0.15) is 34.9 Å². The van der Waals surface area contributed by atoms with Crippen molar-refractivity contribution in [3.05, 3.63) is 41.5 Å². The Morgan fingerprint density at radius 2 is 2.22 bits per heavy atom. The van der Waals surface area contributed by atoms with E-state index < -0.39 is 5.97 Å². The quantitative estimate of drug-likeness (QED) is 0.900. The van der Waals surface area contributed by atoms with Gasteiger partial charge in [0.05, 0.1) is 11.4 Å². The molecule has 0 amide bonds. The summed E-state index contributed by atoms with van der Waals surface area (Å²) in [5, 5.41) is 16.6. The third kappa shape index (κ3) is 1.75. The first kappa shape index (κ1) is 10.9.